The number of rotatable bonds is 4. The first-order chi connectivity index (χ1) is 9.99. The SMILES string of the molecule is CC1(C(=O)O)CCCN1C(=O)N1CCC(OCCO)CC1. The van der Waals surface area contributed by atoms with E-state index in [2.05, 4.69) is 0 Å². The van der Waals surface area contributed by atoms with E-state index >= 15 is 0 Å². The first-order valence-corrected chi connectivity index (χ1v) is 7.51. The molecule has 0 bridgehead atoms. The number of piperidine rings is 1. The van der Waals surface area contributed by atoms with Crippen LogP contribution in [0.2, 0.25) is 0 Å². The summed E-state index contributed by atoms with van der Waals surface area (Å²) in [5, 5.41) is 18.1. The average molecular weight is 300 g/mol. The van der Waals surface area contributed by atoms with Crippen molar-refractivity contribution in [3.8, 4) is 0 Å². The van der Waals surface area contributed by atoms with Crippen LogP contribution in [0.15, 0.2) is 0 Å². The number of likely N-dealkylation sites (tertiary alicyclic amines) is 2. The minimum Gasteiger partial charge on any atom is -0.480 e. The number of hydrogen-bond donors (Lipinski definition) is 2. The Morgan fingerprint density at radius 3 is 2.52 bits per heavy atom. The van der Waals surface area contributed by atoms with Crippen molar-refractivity contribution in [3.05, 3.63) is 0 Å². The summed E-state index contributed by atoms with van der Waals surface area (Å²) in [4.78, 5) is 27.2. The van der Waals surface area contributed by atoms with Crippen molar-refractivity contribution < 1.29 is 24.5 Å². The number of ether oxygens (including phenoxy) is 1. The maximum Gasteiger partial charge on any atom is 0.329 e. The summed E-state index contributed by atoms with van der Waals surface area (Å²) < 4.78 is 5.47. The number of carbonyl (C=O) groups excluding carboxylic acids is 1. The number of aliphatic carboxylic acids is 1. The van der Waals surface area contributed by atoms with Crippen molar-refractivity contribution in [1.82, 2.24) is 9.80 Å². The first kappa shape index (κ1) is 16.0. The van der Waals surface area contributed by atoms with E-state index in [0.717, 1.165) is 19.3 Å². The summed E-state index contributed by atoms with van der Waals surface area (Å²) in [7, 11) is 0. The summed E-state index contributed by atoms with van der Waals surface area (Å²) >= 11 is 0. The zero-order valence-corrected chi connectivity index (χ0v) is 12.5. The molecule has 0 aromatic rings. The predicted octanol–water partition coefficient (Wildman–Crippen LogP) is 0.519. The first-order valence-electron chi connectivity index (χ1n) is 7.51. The van der Waals surface area contributed by atoms with E-state index in [4.69, 9.17) is 9.84 Å². The van der Waals surface area contributed by atoms with Gasteiger partial charge < -0.3 is 24.7 Å². The van der Waals surface area contributed by atoms with Crippen molar-refractivity contribution in [2.75, 3.05) is 32.8 Å². The Morgan fingerprint density at radius 1 is 1.29 bits per heavy atom. The van der Waals surface area contributed by atoms with Gasteiger partial charge in [-0.1, -0.05) is 0 Å². The summed E-state index contributed by atoms with van der Waals surface area (Å²) in [6, 6.07) is -0.182. The number of hydrogen-bond acceptors (Lipinski definition) is 4. The van der Waals surface area contributed by atoms with E-state index in [1.54, 1.807) is 11.8 Å². The van der Waals surface area contributed by atoms with Gasteiger partial charge >= 0.3 is 12.0 Å². The van der Waals surface area contributed by atoms with Gasteiger partial charge in [0, 0.05) is 19.6 Å². The van der Waals surface area contributed by atoms with Gasteiger partial charge in [-0.15, -0.1) is 0 Å². The average Bonchev–Trinajstić information content (AvgIpc) is 2.88. The van der Waals surface area contributed by atoms with E-state index in [9.17, 15) is 14.7 Å². The minimum atomic E-state index is -1.08. The van der Waals surface area contributed by atoms with Crippen LogP contribution in [0.1, 0.15) is 32.6 Å². The van der Waals surface area contributed by atoms with Crippen LogP contribution in [0, 0.1) is 0 Å². The van der Waals surface area contributed by atoms with Crippen molar-refractivity contribution >= 4 is 12.0 Å². The number of amides is 2. The lowest BCUT2D eigenvalue weighted by atomic mass is 9.99. The standard InChI is InChI=1S/C14H24N2O5/c1-14(12(18)19)5-2-6-16(14)13(20)15-7-3-11(4-8-15)21-10-9-17/h11,17H,2-10H2,1H3,(H,18,19). The normalized spacial score (nSPS) is 27.1. The molecule has 120 valence electrons. The van der Waals surface area contributed by atoms with E-state index in [0.29, 0.717) is 32.7 Å². The van der Waals surface area contributed by atoms with Gasteiger partial charge in [-0.2, -0.15) is 0 Å². The van der Waals surface area contributed by atoms with E-state index < -0.39 is 11.5 Å². The quantitative estimate of drug-likeness (QED) is 0.790. The summed E-state index contributed by atoms with van der Waals surface area (Å²) in [6.07, 6.45) is 2.76. The fourth-order valence-electron chi connectivity index (χ4n) is 3.10. The third-order valence-electron chi connectivity index (χ3n) is 4.49. The van der Waals surface area contributed by atoms with E-state index in [1.165, 1.54) is 4.90 Å². The van der Waals surface area contributed by atoms with Gasteiger partial charge in [-0.25, -0.2) is 9.59 Å². The Bertz CT molecular complexity index is 395. The van der Waals surface area contributed by atoms with Gasteiger partial charge in [0.05, 0.1) is 19.3 Å². The number of carboxylic acids is 1. The third-order valence-corrected chi connectivity index (χ3v) is 4.49. The number of carboxylic acid groups (broad SMARTS) is 1. The van der Waals surface area contributed by atoms with Crippen LogP contribution in [-0.2, 0) is 9.53 Å². The van der Waals surface area contributed by atoms with E-state index in [-0.39, 0.29) is 18.7 Å². The second-order valence-electron chi connectivity index (χ2n) is 5.90. The lowest BCUT2D eigenvalue weighted by molar-refractivity contribution is -0.147. The van der Waals surface area contributed by atoms with E-state index in [1.807, 2.05) is 0 Å². The minimum absolute atomic E-state index is 0.00386. The molecule has 2 amide bonds. The molecule has 2 fully saturated rings. The largest absolute Gasteiger partial charge is 0.480 e. The molecule has 0 spiro atoms. The number of aliphatic hydroxyl groups excluding tert-OH is 1. The Hall–Kier alpha value is -1.34. The second-order valence-corrected chi connectivity index (χ2v) is 5.90. The van der Waals surface area contributed by atoms with Crippen LogP contribution in [0.3, 0.4) is 0 Å². The summed E-state index contributed by atoms with van der Waals surface area (Å²) in [5.74, 6) is -0.936. The molecular weight excluding hydrogens is 276 g/mol. The van der Waals surface area contributed by atoms with Crippen LogP contribution in [0.25, 0.3) is 0 Å². The lowest BCUT2D eigenvalue weighted by Gasteiger charge is -2.38. The monoisotopic (exact) mass is 300 g/mol. The Kier molecular flexibility index (Phi) is 5.05. The van der Waals surface area contributed by atoms with Crippen LogP contribution < -0.4 is 0 Å². The van der Waals surface area contributed by atoms with Crippen LogP contribution in [-0.4, -0.2) is 76.5 Å². The maximum absolute atomic E-state index is 12.5. The predicted molar refractivity (Wildman–Crippen MR) is 75.0 cm³/mol. The molecule has 7 nitrogen and oxygen atoms in total. The molecule has 2 rings (SSSR count). The highest BCUT2D eigenvalue weighted by molar-refractivity contribution is 5.86. The molecular formula is C14H24N2O5. The van der Waals surface area contributed by atoms with Gasteiger partial charge in [0.2, 0.25) is 0 Å². The Balaban J connectivity index is 1.91. The molecule has 0 aromatic carbocycles. The maximum atomic E-state index is 12.5. The molecule has 0 radical (unpaired) electrons. The molecule has 2 N–H and O–H groups in total. The Morgan fingerprint density at radius 2 is 1.95 bits per heavy atom. The van der Waals surface area contributed by atoms with Crippen LogP contribution in [0.5, 0.6) is 0 Å². The molecule has 1 atom stereocenters. The smallest absolute Gasteiger partial charge is 0.329 e. The van der Waals surface area contributed by atoms with Crippen LogP contribution in [0.4, 0.5) is 4.79 Å². The molecule has 0 aliphatic carbocycles. The van der Waals surface area contributed by atoms with Gasteiger partial charge in [-0.3, -0.25) is 0 Å². The summed E-state index contributed by atoms with van der Waals surface area (Å²) in [5.41, 5.74) is -1.08. The molecule has 7 heteroatoms. The number of carbonyl (C=O) groups is 2. The molecule has 1 unspecified atom stereocenters. The summed E-state index contributed by atoms with van der Waals surface area (Å²) in [6.45, 7) is 3.59. The zero-order valence-electron chi connectivity index (χ0n) is 12.5. The molecule has 2 aliphatic rings. The molecule has 0 aromatic heterocycles. The van der Waals surface area contributed by atoms with Crippen molar-refractivity contribution in [2.45, 2.75) is 44.2 Å². The van der Waals surface area contributed by atoms with Crippen LogP contribution >= 0.6 is 0 Å². The number of aliphatic hydroxyl groups is 1. The molecule has 2 aliphatic heterocycles. The molecule has 2 saturated heterocycles. The molecule has 0 saturated carbocycles. The van der Waals surface area contributed by atoms with Gasteiger partial charge in [0.1, 0.15) is 5.54 Å². The number of nitrogens with zero attached hydrogens (tertiary/aromatic N) is 2. The van der Waals surface area contributed by atoms with Crippen molar-refractivity contribution in [3.63, 3.8) is 0 Å². The van der Waals surface area contributed by atoms with Gasteiger partial charge in [0.15, 0.2) is 0 Å². The highest BCUT2D eigenvalue weighted by atomic mass is 16.5. The fraction of sp³-hybridized carbons (Fsp3) is 0.857. The topological polar surface area (TPSA) is 90.3 Å². The van der Waals surface area contributed by atoms with Gasteiger partial charge in [0.25, 0.3) is 0 Å². The second kappa shape index (κ2) is 6.62. The highest BCUT2D eigenvalue weighted by Gasteiger charge is 2.47. The van der Waals surface area contributed by atoms with Gasteiger partial charge in [-0.05, 0) is 32.6 Å². The molecule has 21 heavy (non-hydrogen) atoms. The van der Waals surface area contributed by atoms with Crippen molar-refractivity contribution in [1.29, 1.82) is 0 Å². The zero-order chi connectivity index (χ0) is 15.5. The molecule has 2 heterocycles. The fourth-order valence-corrected chi connectivity index (χ4v) is 3.10. The van der Waals surface area contributed by atoms with Crippen molar-refractivity contribution in [2.24, 2.45) is 0 Å². The third kappa shape index (κ3) is 3.29. The Labute approximate surface area is 124 Å². The number of urea groups is 1. The highest BCUT2D eigenvalue weighted by Crippen LogP contribution is 2.31. The lowest BCUT2D eigenvalue weighted by Crippen LogP contribution is -2.56.